The van der Waals surface area contributed by atoms with Crippen molar-refractivity contribution in [1.29, 1.82) is 0 Å². The van der Waals surface area contributed by atoms with Gasteiger partial charge in [-0.05, 0) is 38.8 Å². The number of carbonyl (C=O) groups is 1. The summed E-state index contributed by atoms with van der Waals surface area (Å²) in [6.07, 6.45) is 2.70. The molecule has 7 heteroatoms. The lowest BCUT2D eigenvalue weighted by Crippen LogP contribution is -2.28. The van der Waals surface area contributed by atoms with Gasteiger partial charge in [0.05, 0.1) is 11.4 Å². The van der Waals surface area contributed by atoms with Crippen LogP contribution in [0.1, 0.15) is 36.2 Å². The van der Waals surface area contributed by atoms with Crippen LogP contribution in [0.15, 0.2) is 29.1 Å². The van der Waals surface area contributed by atoms with Crippen molar-refractivity contribution in [2.24, 2.45) is 7.05 Å². The maximum Gasteiger partial charge on any atom is 0.273 e. The summed E-state index contributed by atoms with van der Waals surface area (Å²) in [5.74, 6) is -0.0199. The molecule has 1 amide bonds. The summed E-state index contributed by atoms with van der Waals surface area (Å²) in [4.78, 5) is 29.3. The van der Waals surface area contributed by atoms with Crippen molar-refractivity contribution >= 4 is 17.1 Å². The average Bonchev–Trinajstić information content (AvgIpc) is 3.39. The Kier molecular flexibility index (Phi) is 4.30. The first kappa shape index (κ1) is 17.5. The molecule has 140 valence electrons. The second-order valence-corrected chi connectivity index (χ2v) is 7.27. The summed E-state index contributed by atoms with van der Waals surface area (Å²) in [7, 11) is 1.73. The Morgan fingerprint density at radius 1 is 1.22 bits per heavy atom. The molecule has 0 aliphatic heterocycles. The number of hydrogen-bond acceptors (Lipinski definition) is 4. The Balaban J connectivity index is 1.71. The van der Waals surface area contributed by atoms with E-state index in [4.69, 9.17) is 0 Å². The van der Waals surface area contributed by atoms with Crippen molar-refractivity contribution < 1.29 is 4.79 Å². The van der Waals surface area contributed by atoms with Crippen LogP contribution in [0, 0.1) is 13.8 Å². The number of aryl methyl sites for hydroxylation is 4. The predicted molar refractivity (Wildman–Crippen MR) is 103 cm³/mol. The van der Waals surface area contributed by atoms with Crippen LogP contribution in [-0.2, 0) is 18.3 Å². The lowest BCUT2D eigenvalue weighted by atomic mass is 10.2. The van der Waals surface area contributed by atoms with E-state index in [0.29, 0.717) is 29.3 Å². The highest BCUT2D eigenvalue weighted by Gasteiger charge is 2.23. The van der Waals surface area contributed by atoms with Crippen LogP contribution in [0.2, 0.25) is 0 Å². The van der Waals surface area contributed by atoms with Gasteiger partial charge in [-0.15, -0.1) is 0 Å². The summed E-state index contributed by atoms with van der Waals surface area (Å²) in [6, 6.07) is 8.29. The highest BCUT2D eigenvalue weighted by atomic mass is 16.1. The maximum absolute atomic E-state index is 12.8. The summed E-state index contributed by atoms with van der Waals surface area (Å²) >= 11 is 0. The lowest BCUT2D eigenvalue weighted by molar-refractivity contribution is -0.121. The third-order valence-electron chi connectivity index (χ3n) is 4.93. The predicted octanol–water partition coefficient (Wildman–Crippen LogP) is 1.95. The van der Waals surface area contributed by atoms with E-state index in [1.54, 1.807) is 16.3 Å². The zero-order valence-electron chi connectivity index (χ0n) is 15.8. The number of carbonyl (C=O) groups excluding carboxylic acids is 1. The highest BCUT2D eigenvalue weighted by Crippen LogP contribution is 2.20. The number of hydrogen-bond donors (Lipinski definition) is 1. The zero-order valence-corrected chi connectivity index (χ0v) is 15.8. The fourth-order valence-electron chi connectivity index (χ4n) is 3.20. The molecular formula is C20H23N5O2. The van der Waals surface area contributed by atoms with Gasteiger partial charge in [-0.1, -0.05) is 17.7 Å². The van der Waals surface area contributed by atoms with Crippen LogP contribution in [0.5, 0.6) is 0 Å². The SMILES string of the molecule is Cc1ccc(-n2nc(C)c3nc(CCC(=O)NC4CC4)c(=O)n(C)c32)cc1. The van der Waals surface area contributed by atoms with Crippen molar-refractivity contribution in [1.82, 2.24) is 24.6 Å². The quantitative estimate of drug-likeness (QED) is 0.749. The van der Waals surface area contributed by atoms with Gasteiger partial charge in [0.2, 0.25) is 5.91 Å². The Bertz CT molecular complexity index is 1070. The number of rotatable bonds is 5. The molecule has 0 atom stereocenters. The van der Waals surface area contributed by atoms with E-state index in [0.717, 1.165) is 29.8 Å². The van der Waals surface area contributed by atoms with Crippen molar-refractivity contribution in [2.45, 2.75) is 45.6 Å². The fourth-order valence-corrected chi connectivity index (χ4v) is 3.20. The van der Waals surface area contributed by atoms with Crippen LogP contribution in [-0.4, -0.2) is 31.3 Å². The molecule has 27 heavy (non-hydrogen) atoms. The van der Waals surface area contributed by atoms with Crippen LogP contribution >= 0.6 is 0 Å². The smallest absolute Gasteiger partial charge is 0.273 e. The minimum Gasteiger partial charge on any atom is -0.353 e. The van der Waals surface area contributed by atoms with E-state index < -0.39 is 0 Å². The molecule has 1 N–H and O–H groups in total. The van der Waals surface area contributed by atoms with Crippen LogP contribution in [0.3, 0.4) is 0 Å². The molecule has 1 aromatic carbocycles. The van der Waals surface area contributed by atoms with Crippen molar-refractivity contribution in [2.75, 3.05) is 0 Å². The second kappa shape index (κ2) is 6.64. The van der Waals surface area contributed by atoms with E-state index in [-0.39, 0.29) is 17.9 Å². The van der Waals surface area contributed by atoms with Crippen LogP contribution in [0.25, 0.3) is 16.9 Å². The Labute approximate surface area is 157 Å². The fraction of sp³-hybridized carbons (Fsp3) is 0.400. The van der Waals surface area contributed by atoms with Crippen molar-refractivity contribution in [3.8, 4) is 5.69 Å². The standard InChI is InChI=1S/C20H23N5O2/c1-12-4-8-15(9-5-12)25-19-18(13(2)23-25)22-16(20(27)24(19)3)10-11-17(26)21-14-6-7-14/h4-5,8-9,14H,6-7,10-11H2,1-3H3,(H,21,26). The van der Waals surface area contributed by atoms with E-state index >= 15 is 0 Å². The molecule has 1 aliphatic carbocycles. The van der Waals surface area contributed by atoms with Gasteiger partial charge in [0.1, 0.15) is 11.2 Å². The number of nitrogens with zero attached hydrogens (tertiary/aromatic N) is 4. The molecule has 2 heterocycles. The van der Waals surface area contributed by atoms with Gasteiger partial charge >= 0.3 is 0 Å². The molecule has 0 saturated heterocycles. The molecular weight excluding hydrogens is 342 g/mol. The first-order valence-electron chi connectivity index (χ1n) is 9.25. The van der Waals surface area contributed by atoms with Gasteiger partial charge in [0.25, 0.3) is 5.56 Å². The molecule has 1 saturated carbocycles. The van der Waals surface area contributed by atoms with Gasteiger partial charge in [0, 0.05) is 25.9 Å². The third kappa shape index (κ3) is 3.37. The molecule has 3 aromatic rings. The zero-order chi connectivity index (χ0) is 19.1. The molecule has 0 spiro atoms. The Hall–Kier alpha value is -2.96. The van der Waals surface area contributed by atoms with Gasteiger partial charge in [0.15, 0.2) is 5.65 Å². The molecule has 1 fully saturated rings. The molecule has 0 bridgehead atoms. The monoisotopic (exact) mass is 365 g/mol. The number of fused-ring (bicyclic) bond motifs is 1. The first-order chi connectivity index (χ1) is 12.9. The summed E-state index contributed by atoms with van der Waals surface area (Å²) in [6.45, 7) is 3.91. The number of amides is 1. The van der Waals surface area contributed by atoms with E-state index in [1.807, 2.05) is 38.1 Å². The summed E-state index contributed by atoms with van der Waals surface area (Å²) in [5.41, 5.74) is 4.36. The maximum atomic E-state index is 12.8. The minimum atomic E-state index is -0.185. The Morgan fingerprint density at radius 3 is 2.59 bits per heavy atom. The largest absolute Gasteiger partial charge is 0.353 e. The summed E-state index contributed by atoms with van der Waals surface area (Å²) < 4.78 is 3.33. The number of aromatic nitrogens is 4. The third-order valence-corrected chi connectivity index (χ3v) is 4.93. The van der Waals surface area contributed by atoms with E-state index in [9.17, 15) is 9.59 Å². The van der Waals surface area contributed by atoms with Gasteiger partial charge in [-0.25, -0.2) is 9.67 Å². The first-order valence-corrected chi connectivity index (χ1v) is 9.25. The van der Waals surface area contributed by atoms with E-state index in [1.165, 1.54) is 0 Å². The van der Waals surface area contributed by atoms with Crippen molar-refractivity contribution in [3.05, 3.63) is 51.6 Å². The van der Waals surface area contributed by atoms with Gasteiger partial charge in [-0.2, -0.15) is 5.10 Å². The molecule has 0 unspecified atom stereocenters. The van der Waals surface area contributed by atoms with E-state index in [2.05, 4.69) is 15.4 Å². The molecule has 1 aliphatic rings. The van der Waals surface area contributed by atoms with Crippen molar-refractivity contribution in [3.63, 3.8) is 0 Å². The van der Waals surface area contributed by atoms with Crippen LogP contribution in [0.4, 0.5) is 0 Å². The number of nitrogens with one attached hydrogen (secondary N) is 1. The minimum absolute atomic E-state index is 0.0199. The molecule has 0 radical (unpaired) electrons. The second-order valence-electron chi connectivity index (χ2n) is 7.27. The molecule has 2 aromatic heterocycles. The number of benzene rings is 1. The Morgan fingerprint density at radius 2 is 1.93 bits per heavy atom. The summed E-state index contributed by atoms with van der Waals surface area (Å²) in [5, 5.41) is 7.54. The van der Waals surface area contributed by atoms with Gasteiger partial charge in [-0.3, -0.25) is 14.2 Å². The average molecular weight is 365 g/mol. The topological polar surface area (TPSA) is 81.8 Å². The van der Waals surface area contributed by atoms with Gasteiger partial charge < -0.3 is 5.32 Å². The van der Waals surface area contributed by atoms with Crippen LogP contribution < -0.4 is 10.9 Å². The molecule has 4 rings (SSSR count). The highest BCUT2D eigenvalue weighted by molar-refractivity contribution is 5.78. The lowest BCUT2D eigenvalue weighted by Gasteiger charge is -2.09. The normalized spacial score (nSPS) is 13.9. The molecule has 7 nitrogen and oxygen atoms in total.